The zero-order chi connectivity index (χ0) is 20.9. The first-order valence-electron chi connectivity index (χ1n) is 7.95. The first kappa shape index (κ1) is 21.8. The summed E-state index contributed by atoms with van der Waals surface area (Å²) in [5, 5.41) is 2.23. The predicted octanol–water partition coefficient (Wildman–Crippen LogP) is 4.59. The van der Waals surface area contributed by atoms with Gasteiger partial charge in [-0.2, -0.15) is 13.2 Å². The summed E-state index contributed by atoms with van der Waals surface area (Å²) >= 11 is 6.09. The highest BCUT2D eigenvalue weighted by Crippen LogP contribution is 2.36. The van der Waals surface area contributed by atoms with Gasteiger partial charge in [0.05, 0.1) is 6.61 Å². The van der Waals surface area contributed by atoms with Gasteiger partial charge in [-0.25, -0.2) is 9.78 Å². The third-order valence-corrected chi connectivity index (χ3v) is 4.55. The van der Waals surface area contributed by atoms with Crippen LogP contribution in [0, 0.1) is 0 Å². The molecular weight excluding hydrogens is 421 g/mol. The van der Waals surface area contributed by atoms with Gasteiger partial charge in [-0.1, -0.05) is 22.9 Å². The molecular formula is C17H14ClF3N2O4S. The molecule has 28 heavy (non-hydrogen) atoms. The van der Waals surface area contributed by atoms with Gasteiger partial charge in [0.25, 0.3) is 0 Å². The Kier molecular flexibility index (Phi) is 7.14. The van der Waals surface area contributed by atoms with E-state index in [1.165, 1.54) is 31.2 Å². The Hall–Kier alpha value is -2.46. The second kappa shape index (κ2) is 9.16. The van der Waals surface area contributed by atoms with Crippen LogP contribution < -0.4 is 5.32 Å². The van der Waals surface area contributed by atoms with Crippen molar-refractivity contribution in [3.8, 4) is 0 Å². The van der Waals surface area contributed by atoms with E-state index in [2.05, 4.69) is 15.0 Å². The molecule has 1 heterocycles. The van der Waals surface area contributed by atoms with Crippen molar-refractivity contribution in [2.24, 2.45) is 0 Å². The lowest BCUT2D eigenvalue weighted by Crippen LogP contribution is -2.15. The average Bonchev–Trinajstić information content (AvgIpc) is 3.05. The Balaban J connectivity index is 2.04. The van der Waals surface area contributed by atoms with Crippen LogP contribution in [0.3, 0.4) is 0 Å². The number of hydrogen-bond acceptors (Lipinski definition) is 6. The van der Waals surface area contributed by atoms with Gasteiger partial charge in [0.1, 0.15) is 4.88 Å². The Labute approximate surface area is 166 Å². The molecule has 0 fully saturated rings. The number of alkyl halides is 3. The van der Waals surface area contributed by atoms with E-state index in [0.29, 0.717) is 21.9 Å². The lowest BCUT2D eigenvalue weighted by atomic mass is 10.1. The molecule has 150 valence electrons. The van der Waals surface area contributed by atoms with Gasteiger partial charge in [-0.3, -0.25) is 9.59 Å². The Morgan fingerprint density at radius 1 is 1.18 bits per heavy atom. The quantitative estimate of drug-likeness (QED) is 0.508. The number of ether oxygens (including phenoxy) is 1. The van der Waals surface area contributed by atoms with Crippen LogP contribution in [0.15, 0.2) is 24.3 Å². The molecule has 2 rings (SSSR count). The predicted molar refractivity (Wildman–Crippen MR) is 96.7 cm³/mol. The number of carbonyl (C=O) groups excluding carboxylic acids is 3. The van der Waals surface area contributed by atoms with Crippen molar-refractivity contribution in [3.63, 3.8) is 0 Å². The maximum absolute atomic E-state index is 13.0. The molecule has 0 aliphatic heterocycles. The number of nitrogens with zero attached hydrogens (tertiary/aromatic N) is 1. The van der Waals surface area contributed by atoms with E-state index >= 15 is 0 Å². The van der Waals surface area contributed by atoms with E-state index in [0.717, 1.165) is 0 Å². The fourth-order valence-corrected chi connectivity index (χ4v) is 3.11. The van der Waals surface area contributed by atoms with Gasteiger partial charge < -0.3 is 10.1 Å². The summed E-state index contributed by atoms with van der Waals surface area (Å²) in [4.78, 5) is 38.2. The van der Waals surface area contributed by atoms with Crippen molar-refractivity contribution >= 4 is 45.7 Å². The second-order valence-electron chi connectivity index (χ2n) is 5.39. The maximum atomic E-state index is 13.0. The summed E-state index contributed by atoms with van der Waals surface area (Å²) in [6.07, 6.45) is -5.31. The van der Waals surface area contributed by atoms with Crippen LogP contribution in [0.4, 0.5) is 18.3 Å². The number of ketones is 1. The molecule has 6 nitrogen and oxygen atoms in total. The van der Waals surface area contributed by atoms with E-state index in [9.17, 15) is 27.6 Å². The minimum absolute atomic E-state index is 0.109. The number of hydrogen-bond donors (Lipinski definition) is 1. The van der Waals surface area contributed by atoms with Gasteiger partial charge in [0.2, 0.25) is 5.91 Å². The number of carbonyl (C=O) groups is 3. The monoisotopic (exact) mass is 434 g/mol. The van der Waals surface area contributed by atoms with Crippen LogP contribution in [0.2, 0.25) is 5.02 Å². The molecule has 0 saturated carbocycles. The molecule has 1 N–H and O–H groups in total. The molecule has 0 spiro atoms. The number of rotatable bonds is 7. The molecule has 1 aromatic carbocycles. The highest BCUT2D eigenvalue weighted by atomic mass is 35.5. The number of aromatic nitrogens is 1. The molecule has 2 aromatic rings. The number of nitrogens with one attached hydrogen (secondary N) is 1. The molecule has 0 unspecified atom stereocenters. The zero-order valence-corrected chi connectivity index (χ0v) is 16.0. The Morgan fingerprint density at radius 3 is 2.39 bits per heavy atom. The van der Waals surface area contributed by atoms with Crippen molar-refractivity contribution < 1.29 is 32.3 Å². The topological polar surface area (TPSA) is 85.4 Å². The van der Waals surface area contributed by atoms with Gasteiger partial charge >= 0.3 is 12.1 Å². The number of anilines is 1. The highest BCUT2D eigenvalue weighted by molar-refractivity contribution is 7.17. The number of Topliss-reactive ketones (excluding diaryl/α,β-unsaturated/α-hetero) is 1. The van der Waals surface area contributed by atoms with Gasteiger partial charge in [0, 0.05) is 23.4 Å². The van der Waals surface area contributed by atoms with Crippen molar-refractivity contribution in [3.05, 3.63) is 45.4 Å². The van der Waals surface area contributed by atoms with Crippen molar-refractivity contribution in [1.82, 2.24) is 4.98 Å². The fraction of sp³-hybridized carbons (Fsp3) is 0.294. The number of benzene rings is 1. The van der Waals surface area contributed by atoms with Crippen LogP contribution in [0.5, 0.6) is 0 Å². The van der Waals surface area contributed by atoms with E-state index in [4.69, 9.17) is 11.6 Å². The van der Waals surface area contributed by atoms with Crippen LogP contribution in [0.1, 0.15) is 45.5 Å². The minimum atomic E-state index is -4.88. The summed E-state index contributed by atoms with van der Waals surface area (Å²) in [6, 6.07) is 6.06. The lowest BCUT2D eigenvalue weighted by molar-refractivity contribution is -0.141. The molecule has 0 bridgehead atoms. The largest absolute Gasteiger partial charge is 0.462 e. The van der Waals surface area contributed by atoms with E-state index < -0.39 is 33.8 Å². The summed E-state index contributed by atoms with van der Waals surface area (Å²) < 4.78 is 43.7. The molecule has 0 saturated heterocycles. The average molecular weight is 435 g/mol. The molecule has 1 amide bonds. The highest BCUT2D eigenvalue weighted by Gasteiger charge is 2.40. The lowest BCUT2D eigenvalue weighted by Gasteiger charge is -2.05. The van der Waals surface area contributed by atoms with Gasteiger partial charge in [0.15, 0.2) is 16.6 Å². The molecule has 0 atom stereocenters. The third kappa shape index (κ3) is 5.77. The SMILES string of the molecule is CCOC(=O)c1sc(NC(=O)CCC(=O)c2ccc(Cl)cc2)nc1C(F)(F)F. The first-order chi connectivity index (χ1) is 13.1. The number of halogens is 4. The van der Waals surface area contributed by atoms with Gasteiger partial charge in [-0.15, -0.1) is 0 Å². The Morgan fingerprint density at radius 2 is 1.82 bits per heavy atom. The summed E-state index contributed by atoms with van der Waals surface area (Å²) in [5.74, 6) is -2.21. The number of esters is 1. The van der Waals surface area contributed by atoms with Crippen LogP contribution in [-0.4, -0.2) is 29.3 Å². The maximum Gasteiger partial charge on any atom is 0.435 e. The second-order valence-corrected chi connectivity index (χ2v) is 6.83. The summed E-state index contributed by atoms with van der Waals surface area (Å²) in [7, 11) is 0. The first-order valence-corrected chi connectivity index (χ1v) is 9.15. The smallest absolute Gasteiger partial charge is 0.435 e. The van der Waals surface area contributed by atoms with Crippen LogP contribution in [0.25, 0.3) is 0 Å². The van der Waals surface area contributed by atoms with E-state index in [1.54, 1.807) is 0 Å². The van der Waals surface area contributed by atoms with Crippen molar-refractivity contribution in [2.45, 2.75) is 25.9 Å². The molecule has 1 aromatic heterocycles. The van der Waals surface area contributed by atoms with Crippen molar-refractivity contribution in [1.29, 1.82) is 0 Å². The third-order valence-electron chi connectivity index (χ3n) is 3.35. The van der Waals surface area contributed by atoms with Crippen LogP contribution in [-0.2, 0) is 15.7 Å². The Bertz CT molecular complexity index is 882. The number of amides is 1. The van der Waals surface area contributed by atoms with Crippen LogP contribution >= 0.6 is 22.9 Å². The molecule has 0 radical (unpaired) electrons. The standard InChI is InChI=1S/C17H14ClF3N2O4S/c1-2-27-15(26)13-14(17(19,20)21)23-16(28-13)22-12(25)8-7-11(24)9-3-5-10(18)6-4-9/h3-6H,2,7-8H2,1H3,(H,22,23,25). The van der Waals surface area contributed by atoms with E-state index in [1.807, 2.05) is 0 Å². The number of thiazole rings is 1. The molecule has 0 aliphatic rings. The molecule has 0 aliphatic carbocycles. The summed E-state index contributed by atoms with van der Waals surface area (Å²) in [6.45, 7) is 1.34. The van der Waals surface area contributed by atoms with Gasteiger partial charge in [-0.05, 0) is 31.2 Å². The van der Waals surface area contributed by atoms with Crippen molar-refractivity contribution in [2.75, 3.05) is 11.9 Å². The normalized spacial score (nSPS) is 11.2. The minimum Gasteiger partial charge on any atom is -0.462 e. The zero-order valence-electron chi connectivity index (χ0n) is 14.4. The van der Waals surface area contributed by atoms with E-state index in [-0.39, 0.29) is 25.2 Å². The molecule has 11 heteroatoms. The fourth-order valence-electron chi connectivity index (χ4n) is 2.09. The summed E-state index contributed by atoms with van der Waals surface area (Å²) in [5.41, 5.74) is -1.07.